The van der Waals surface area contributed by atoms with Gasteiger partial charge in [0.05, 0.1) is 34.4 Å². The molecule has 0 aliphatic heterocycles. The van der Waals surface area contributed by atoms with Crippen molar-refractivity contribution >= 4 is 7.82 Å². The first-order valence-corrected chi connectivity index (χ1v) is 16.1. The van der Waals surface area contributed by atoms with Crippen molar-refractivity contribution in [1.29, 1.82) is 0 Å². The fourth-order valence-electron chi connectivity index (χ4n) is 4.38. The fraction of sp³-hybridized carbons (Fsp3) is 1.00. The minimum atomic E-state index is -4.38. The maximum Gasteiger partial charge on any atom is 0.268 e. The molecule has 0 fully saturated rings. The van der Waals surface area contributed by atoms with Crippen molar-refractivity contribution in [3.63, 3.8) is 0 Å². The molecule has 0 bridgehead atoms. The molecule has 0 aromatic heterocycles. The molecule has 218 valence electrons. The maximum absolute atomic E-state index is 12.1. The van der Waals surface area contributed by atoms with Gasteiger partial charge in [0.1, 0.15) is 18.8 Å². The Morgan fingerprint density at radius 1 is 0.750 bits per heavy atom. The van der Waals surface area contributed by atoms with Crippen molar-refractivity contribution in [2.45, 2.75) is 129 Å². The van der Waals surface area contributed by atoms with Gasteiger partial charge in [-0.05, 0) is 13.3 Å². The van der Waals surface area contributed by atoms with E-state index < -0.39 is 20.0 Å². The number of ether oxygens (including phenoxy) is 2. The normalized spacial score (nSPS) is 15.6. The zero-order valence-corrected chi connectivity index (χ0v) is 25.5. The molecule has 0 aliphatic carbocycles. The Kier molecular flexibility index (Phi) is 22.9. The number of quaternary nitrogens is 1. The molecule has 0 N–H and O–H groups in total. The summed E-state index contributed by atoms with van der Waals surface area (Å²) in [6.45, 7) is 5.43. The van der Waals surface area contributed by atoms with Gasteiger partial charge in [0.15, 0.2) is 0 Å². The summed E-state index contributed by atoms with van der Waals surface area (Å²) in [5, 5.41) is 0. The van der Waals surface area contributed by atoms with E-state index in [0.717, 1.165) is 6.42 Å². The van der Waals surface area contributed by atoms with Gasteiger partial charge in [0.25, 0.3) is 7.82 Å². The van der Waals surface area contributed by atoms with E-state index in [-0.39, 0.29) is 6.61 Å². The molecule has 36 heavy (non-hydrogen) atoms. The number of phosphoric ester groups is 1. The Labute approximate surface area is 223 Å². The molecular formula is C28H60NO6P. The minimum absolute atomic E-state index is 0.104. The van der Waals surface area contributed by atoms with E-state index in [1.54, 1.807) is 6.92 Å². The van der Waals surface area contributed by atoms with Crippen LogP contribution in [0.2, 0.25) is 0 Å². The summed E-state index contributed by atoms with van der Waals surface area (Å²) in [7, 11) is 3.10. The highest BCUT2D eigenvalue weighted by molar-refractivity contribution is 7.45. The second-order valence-corrected chi connectivity index (χ2v) is 12.7. The Morgan fingerprint density at radius 3 is 1.61 bits per heavy atom. The van der Waals surface area contributed by atoms with Gasteiger partial charge in [0, 0.05) is 13.7 Å². The molecule has 7 nitrogen and oxygen atoms in total. The molecule has 0 saturated heterocycles. The van der Waals surface area contributed by atoms with Crippen LogP contribution in [0.1, 0.15) is 117 Å². The van der Waals surface area contributed by atoms with Gasteiger partial charge in [-0.25, -0.2) is 0 Å². The Morgan fingerprint density at radius 2 is 1.19 bits per heavy atom. The van der Waals surface area contributed by atoms with Gasteiger partial charge >= 0.3 is 0 Å². The number of methoxy groups -OCH3 is 1. The highest BCUT2D eigenvalue weighted by atomic mass is 31.2. The lowest BCUT2D eigenvalue weighted by atomic mass is 10.0. The third-order valence-corrected chi connectivity index (χ3v) is 7.40. The summed E-state index contributed by atoms with van der Waals surface area (Å²) in [6, 6.07) is 0. The molecular weight excluding hydrogens is 477 g/mol. The second kappa shape index (κ2) is 22.9. The number of nitrogens with zero attached hydrogens (tertiary/aromatic N) is 1. The van der Waals surface area contributed by atoms with E-state index in [1.807, 2.05) is 21.1 Å². The Bertz CT molecular complexity index is 529. The van der Waals surface area contributed by atoms with Crippen LogP contribution in [0.15, 0.2) is 0 Å². The molecule has 0 heterocycles. The van der Waals surface area contributed by atoms with Crippen LogP contribution in [0.5, 0.6) is 0 Å². The van der Waals surface area contributed by atoms with Crippen LogP contribution >= 0.6 is 7.82 Å². The number of likely N-dealkylation sites (N-methyl/N-ethyl adjacent to an activating group) is 1. The van der Waals surface area contributed by atoms with Crippen molar-refractivity contribution in [2.24, 2.45) is 0 Å². The van der Waals surface area contributed by atoms with E-state index in [2.05, 4.69) is 6.92 Å². The van der Waals surface area contributed by atoms with Gasteiger partial charge in [0.2, 0.25) is 0 Å². The van der Waals surface area contributed by atoms with E-state index in [0.29, 0.717) is 24.2 Å². The van der Waals surface area contributed by atoms with Crippen molar-refractivity contribution in [3.8, 4) is 0 Å². The van der Waals surface area contributed by atoms with Crippen LogP contribution in [0, 0.1) is 0 Å². The Hall–Kier alpha value is -0.0100. The van der Waals surface area contributed by atoms with Crippen LogP contribution in [0.25, 0.3) is 0 Å². The SMILES string of the molecule is CCCCCCCCCCCCCCCCCCOCC(COP(=O)([O-])O[C@@H](C)C[N+](C)(C)C)OC. The van der Waals surface area contributed by atoms with E-state index >= 15 is 0 Å². The van der Waals surface area contributed by atoms with Gasteiger partial charge in [-0.2, -0.15) is 0 Å². The molecule has 2 unspecified atom stereocenters. The summed E-state index contributed by atoms with van der Waals surface area (Å²) in [5.74, 6) is 0. The van der Waals surface area contributed by atoms with Gasteiger partial charge in [-0.1, -0.05) is 103 Å². The minimum Gasteiger partial charge on any atom is -0.756 e. The first-order valence-electron chi connectivity index (χ1n) is 14.6. The quantitative estimate of drug-likeness (QED) is 0.0646. The molecule has 0 aromatic rings. The zero-order valence-electron chi connectivity index (χ0n) is 24.6. The molecule has 0 radical (unpaired) electrons. The lowest BCUT2D eigenvalue weighted by Gasteiger charge is -2.31. The van der Waals surface area contributed by atoms with Crippen molar-refractivity contribution < 1.29 is 32.5 Å². The third kappa shape index (κ3) is 25.6. The topological polar surface area (TPSA) is 77.1 Å². The number of unbranched alkanes of at least 4 members (excludes halogenated alkanes) is 15. The van der Waals surface area contributed by atoms with Crippen LogP contribution in [-0.2, 0) is 23.1 Å². The smallest absolute Gasteiger partial charge is 0.268 e. The van der Waals surface area contributed by atoms with Crippen LogP contribution in [-0.4, -0.2) is 71.3 Å². The van der Waals surface area contributed by atoms with E-state index in [1.165, 1.54) is 103 Å². The largest absolute Gasteiger partial charge is 0.756 e. The molecule has 0 saturated carbocycles. The second-order valence-electron chi connectivity index (χ2n) is 11.4. The summed E-state index contributed by atoms with van der Waals surface area (Å²) in [6.07, 6.45) is 20.6. The summed E-state index contributed by atoms with van der Waals surface area (Å²) < 4.78 is 33.8. The third-order valence-electron chi connectivity index (χ3n) is 6.31. The average Bonchev–Trinajstić information content (AvgIpc) is 2.78. The van der Waals surface area contributed by atoms with Crippen LogP contribution in [0.4, 0.5) is 0 Å². The number of phosphoric acid groups is 1. The van der Waals surface area contributed by atoms with E-state index in [9.17, 15) is 9.46 Å². The Balaban J connectivity index is 3.57. The summed E-state index contributed by atoms with van der Waals surface area (Å²) in [4.78, 5) is 12.1. The highest BCUT2D eigenvalue weighted by Crippen LogP contribution is 2.40. The fourth-order valence-corrected chi connectivity index (χ4v) is 5.30. The highest BCUT2D eigenvalue weighted by Gasteiger charge is 2.21. The van der Waals surface area contributed by atoms with Crippen LogP contribution in [0.3, 0.4) is 0 Å². The van der Waals surface area contributed by atoms with E-state index in [4.69, 9.17) is 18.5 Å². The first kappa shape index (κ1) is 36.0. The lowest BCUT2D eigenvalue weighted by molar-refractivity contribution is -0.873. The molecule has 0 spiro atoms. The molecule has 0 aromatic carbocycles. The summed E-state index contributed by atoms with van der Waals surface area (Å²) in [5.41, 5.74) is 0. The van der Waals surface area contributed by atoms with Gasteiger partial charge in [-0.3, -0.25) is 4.57 Å². The number of hydrogen-bond donors (Lipinski definition) is 0. The first-order chi connectivity index (χ1) is 17.1. The monoisotopic (exact) mass is 537 g/mol. The standard InChI is InChI=1S/C28H60NO6P/c1-7-8-9-10-11-12-13-14-15-16-17-18-19-20-21-22-23-33-25-28(32-6)26-34-36(30,31)35-27(2)24-29(3,4)5/h27-28H,7-26H2,1-6H3/t27-,28?/m0/s1. The van der Waals surface area contributed by atoms with Gasteiger partial charge < -0.3 is 27.9 Å². The van der Waals surface area contributed by atoms with Crippen molar-refractivity contribution in [3.05, 3.63) is 0 Å². The summed E-state index contributed by atoms with van der Waals surface area (Å²) >= 11 is 0. The molecule has 0 rings (SSSR count). The number of rotatable bonds is 27. The number of hydrogen-bond acceptors (Lipinski definition) is 6. The molecule has 3 atom stereocenters. The molecule has 8 heteroatoms. The molecule has 0 aliphatic rings. The predicted octanol–water partition coefficient (Wildman–Crippen LogP) is 6.88. The van der Waals surface area contributed by atoms with Crippen LogP contribution < -0.4 is 4.89 Å². The maximum atomic E-state index is 12.1. The lowest BCUT2D eigenvalue weighted by Crippen LogP contribution is -2.41. The van der Waals surface area contributed by atoms with Crippen molar-refractivity contribution in [1.82, 2.24) is 0 Å². The van der Waals surface area contributed by atoms with Gasteiger partial charge in [-0.15, -0.1) is 0 Å². The predicted molar refractivity (Wildman–Crippen MR) is 148 cm³/mol. The average molecular weight is 538 g/mol. The van der Waals surface area contributed by atoms with Crippen molar-refractivity contribution in [2.75, 3.05) is 54.6 Å². The molecule has 0 amide bonds. The zero-order chi connectivity index (χ0) is 27.1.